The number of halogens is 3. The number of ketones is 1. The first-order chi connectivity index (χ1) is 9.43. The SMILES string of the molecule is CO/C(=C\C(=O)C(Cl)(Cl)Cl)CCOCc1ccccc1. The lowest BCUT2D eigenvalue weighted by Crippen LogP contribution is -2.17. The first-order valence-electron chi connectivity index (χ1n) is 5.91. The molecule has 20 heavy (non-hydrogen) atoms. The van der Waals surface area contributed by atoms with Gasteiger partial charge < -0.3 is 9.47 Å². The second-order valence-electron chi connectivity index (χ2n) is 3.96. The van der Waals surface area contributed by atoms with Crippen molar-refractivity contribution >= 4 is 40.6 Å². The molecule has 0 atom stereocenters. The van der Waals surface area contributed by atoms with Crippen LogP contribution in [0.25, 0.3) is 0 Å². The van der Waals surface area contributed by atoms with E-state index in [4.69, 9.17) is 44.3 Å². The highest BCUT2D eigenvalue weighted by Gasteiger charge is 2.29. The van der Waals surface area contributed by atoms with Gasteiger partial charge in [0.25, 0.3) is 3.79 Å². The van der Waals surface area contributed by atoms with Crippen molar-refractivity contribution in [3.8, 4) is 0 Å². The summed E-state index contributed by atoms with van der Waals surface area (Å²) in [6, 6.07) is 9.77. The molecule has 0 N–H and O–H groups in total. The Bertz CT molecular complexity index is 452. The van der Waals surface area contributed by atoms with E-state index >= 15 is 0 Å². The molecule has 1 aromatic rings. The molecule has 110 valence electrons. The van der Waals surface area contributed by atoms with E-state index in [2.05, 4.69) is 0 Å². The molecule has 1 rings (SSSR count). The van der Waals surface area contributed by atoms with Crippen molar-refractivity contribution in [2.45, 2.75) is 16.8 Å². The zero-order chi connectivity index (χ0) is 15.0. The number of methoxy groups -OCH3 is 1. The lowest BCUT2D eigenvalue weighted by Gasteiger charge is -2.10. The van der Waals surface area contributed by atoms with E-state index < -0.39 is 9.58 Å². The quantitative estimate of drug-likeness (QED) is 0.326. The summed E-state index contributed by atoms with van der Waals surface area (Å²) in [5.74, 6) is -0.225. The molecule has 0 amide bonds. The Morgan fingerprint density at radius 1 is 1.25 bits per heavy atom. The van der Waals surface area contributed by atoms with Crippen LogP contribution in [-0.2, 0) is 20.9 Å². The van der Waals surface area contributed by atoms with Crippen LogP contribution in [0.2, 0.25) is 0 Å². The smallest absolute Gasteiger partial charge is 0.252 e. The zero-order valence-electron chi connectivity index (χ0n) is 10.9. The van der Waals surface area contributed by atoms with E-state index in [-0.39, 0.29) is 0 Å². The fourth-order valence-electron chi connectivity index (χ4n) is 1.40. The second kappa shape index (κ2) is 8.53. The number of carbonyl (C=O) groups excluding carboxylic acids is 1. The van der Waals surface area contributed by atoms with Crippen LogP contribution in [0.3, 0.4) is 0 Å². The Morgan fingerprint density at radius 2 is 1.90 bits per heavy atom. The van der Waals surface area contributed by atoms with Gasteiger partial charge in [0.05, 0.1) is 20.3 Å². The topological polar surface area (TPSA) is 35.5 Å². The van der Waals surface area contributed by atoms with Gasteiger partial charge in [0, 0.05) is 12.5 Å². The summed E-state index contributed by atoms with van der Waals surface area (Å²) in [5, 5.41) is 0. The molecule has 0 aliphatic rings. The van der Waals surface area contributed by atoms with Gasteiger partial charge in [-0.2, -0.15) is 0 Å². The van der Waals surface area contributed by atoms with E-state index in [0.717, 1.165) is 5.56 Å². The van der Waals surface area contributed by atoms with Crippen molar-refractivity contribution in [3.05, 3.63) is 47.7 Å². The highest BCUT2D eigenvalue weighted by atomic mass is 35.6. The Labute approximate surface area is 133 Å². The molecule has 0 saturated heterocycles. The van der Waals surface area contributed by atoms with Gasteiger partial charge in [-0.25, -0.2) is 0 Å². The molecule has 0 aliphatic heterocycles. The van der Waals surface area contributed by atoms with Crippen LogP contribution in [0.1, 0.15) is 12.0 Å². The van der Waals surface area contributed by atoms with Crippen molar-refractivity contribution in [2.75, 3.05) is 13.7 Å². The highest BCUT2D eigenvalue weighted by molar-refractivity contribution is 6.77. The first-order valence-corrected chi connectivity index (χ1v) is 7.04. The molecular formula is C14H15Cl3O3. The van der Waals surface area contributed by atoms with Gasteiger partial charge in [0.1, 0.15) is 5.76 Å². The van der Waals surface area contributed by atoms with E-state index in [1.54, 1.807) is 0 Å². The number of carbonyl (C=O) groups is 1. The van der Waals surface area contributed by atoms with Gasteiger partial charge >= 0.3 is 0 Å². The maximum Gasteiger partial charge on any atom is 0.252 e. The van der Waals surface area contributed by atoms with E-state index in [1.165, 1.54) is 13.2 Å². The van der Waals surface area contributed by atoms with Gasteiger partial charge in [0.15, 0.2) is 0 Å². The fourth-order valence-corrected chi connectivity index (χ4v) is 1.56. The molecule has 3 nitrogen and oxygen atoms in total. The summed E-state index contributed by atoms with van der Waals surface area (Å²) in [7, 11) is 1.45. The minimum absolute atomic E-state index is 0.404. The number of alkyl halides is 3. The van der Waals surface area contributed by atoms with Gasteiger partial charge in [-0.3, -0.25) is 4.79 Å². The molecule has 0 saturated carbocycles. The predicted molar refractivity (Wildman–Crippen MR) is 81.1 cm³/mol. The first kappa shape index (κ1) is 17.3. The molecular weight excluding hydrogens is 323 g/mol. The standard InChI is InChI=1S/C14H15Cl3O3/c1-19-12(9-13(18)14(15,16)17)7-8-20-10-11-5-3-2-4-6-11/h2-6,9H,7-8,10H2,1H3/b12-9-. The van der Waals surface area contributed by atoms with Crippen LogP contribution in [-0.4, -0.2) is 23.3 Å². The predicted octanol–water partition coefficient (Wildman–Crippen LogP) is 4.06. The normalized spacial score (nSPS) is 12.3. The fraction of sp³-hybridized carbons (Fsp3) is 0.357. The van der Waals surface area contributed by atoms with E-state index in [9.17, 15) is 4.79 Å². The van der Waals surface area contributed by atoms with Crippen molar-refractivity contribution in [1.29, 1.82) is 0 Å². The number of ether oxygens (including phenoxy) is 2. The Morgan fingerprint density at radius 3 is 2.45 bits per heavy atom. The molecule has 0 fully saturated rings. The minimum atomic E-state index is -1.96. The molecule has 0 radical (unpaired) electrons. The largest absolute Gasteiger partial charge is 0.501 e. The van der Waals surface area contributed by atoms with Crippen LogP contribution < -0.4 is 0 Å². The molecule has 0 spiro atoms. The Balaban J connectivity index is 2.39. The Kier molecular flexibility index (Phi) is 7.38. The van der Waals surface area contributed by atoms with Crippen LogP contribution in [0.5, 0.6) is 0 Å². The number of hydrogen-bond donors (Lipinski definition) is 0. The number of rotatable bonds is 7. The zero-order valence-corrected chi connectivity index (χ0v) is 13.2. The van der Waals surface area contributed by atoms with Crippen molar-refractivity contribution < 1.29 is 14.3 Å². The van der Waals surface area contributed by atoms with E-state index in [0.29, 0.717) is 25.4 Å². The summed E-state index contributed by atoms with van der Waals surface area (Å²) in [5.41, 5.74) is 1.08. The van der Waals surface area contributed by atoms with Crippen molar-refractivity contribution in [2.24, 2.45) is 0 Å². The van der Waals surface area contributed by atoms with Crippen molar-refractivity contribution in [3.63, 3.8) is 0 Å². The number of allylic oxidation sites excluding steroid dienone is 1. The number of hydrogen-bond acceptors (Lipinski definition) is 3. The van der Waals surface area contributed by atoms with Crippen LogP contribution >= 0.6 is 34.8 Å². The van der Waals surface area contributed by atoms with Crippen LogP contribution in [0.15, 0.2) is 42.2 Å². The monoisotopic (exact) mass is 336 g/mol. The Hall–Kier alpha value is -0.740. The summed E-state index contributed by atoms with van der Waals surface area (Å²) in [6.45, 7) is 0.901. The minimum Gasteiger partial charge on any atom is -0.501 e. The summed E-state index contributed by atoms with van der Waals surface area (Å²) in [6.07, 6.45) is 1.61. The third kappa shape index (κ3) is 6.62. The average molecular weight is 338 g/mol. The van der Waals surface area contributed by atoms with Gasteiger partial charge in [-0.05, 0) is 5.56 Å². The molecule has 0 bridgehead atoms. The maximum absolute atomic E-state index is 11.5. The molecule has 0 unspecified atom stereocenters. The summed E-state index contributed by atoms with van der Waals surface area (Å²) in [4.78, 5) is 11.5. The lowest BCUT2D eigenvalue weighted by atomic mass is 10.2. The van der Waals surface area contributed by atoms with E-state index in [1.807, 2.05) is 30.3 Å². The van der Waals surface area contributed by atoms with Crippen molar-refractivity contribution in [1.82, 2.24) is 0 Å². The molecule has 0 heterocycles. The third-order valence-electron chi connectivity index (χ3n) is 2.44. The van der Waals surface area contributed by atoms with Gasteiger partial charge in [-0.15, -0.1) is 0 Å². The maximum atomic E-state index is 11.5. The molecule has 1 aromatic carbocycles. The lowest BCUT2D eigenvalue weighted by molar-refractivity contribution is -0.114. The van der Waals surface area contributed by atoms with Gasteiger partial charge in [0.2, 0.25) is 5.78 Å². The molecule has 0 aromatic heterocycles. The average Bonchev–Trinajstić information content (AvgIpc) is 2.42. The summed E-state index contributed by atoms with van der Waals surface area (Å²) < 4.78 is 8.58. The molecule has 6 heteroatoms. The highest BCUT2D eigenvalue weighted by Crippen LogP contribution is 2.28. The van der Waals surface area contributed by atoms with Gasteiger partial charge in [-0.1, -0.05) is 65.1 Å². The summed E-state index contributed by atoms with van der Waals surface area (Å²) >= 11 is 16.4. The third-order valence-corrected chi connectivity index (χ3v) is 3.00. The van der Waals surface area contributed by atoms with Crippen LogP contribution in [0, 0.1) is 0 Å². The molecule has 0 aliphatic carbocycles. The number of benzene rings is 1. The second-order valence-corrected chi connectivity index (χ2v) is 6.25. The van der Waals surface area contributed by atoms with Crippen LogP contribution in [0.4, 0.5) is 0 Å².